The van der Waals surface area contributed by atoms with Gasteiger partial charge in [0.25, 0.3) is 0 Å². The number of ether oxygens (including phenoxy) is 2. The summed E-state index contributed by atoms with van der Waals surface area (Å²) < 4.78 is 8.83. The molecule has 0 aromatic heterocycles. The second kappa shape index (κ2) is 3.80. The smallest absolute Gasteiger partial charge is 0.324 e. The molecule has 0 N–H and O–H groups in total. The molecule has 1 rings (SSSR count). The van der Waals surface area contributed by atoms with E-state index in [2.05, 4.69) is 9.47 Å². The molecule has 6 nitrogen and oxygen atoms in total. The predicted octanol–water partition coefficient (Wildman–Crippen LogP) is -0.749. The molecule has 1 aliphatic carbocycles. The zero-order valence-corrected chi connectivity index (χ0v) is 8.36. The largest absolute Gasteiger partial charge is 0.468 e. The van der Waals surface area contributed by atoms with Crippen LogP contribution >= 0.6 is 0 Å². The van der Waals surface area contributed by atoms with Crippen LogP contribution in [-0.4, -0.2) is 37.7 Å². The summed E-state index contributed by atoms with van der Waals surface area (Å²) in [6.45, 7) is 0. The third-order valence-corrected chi connectivity index (χ3v) is 2.39. The van der Waals surface area contributed by atoms with E-state index in [-0.39, 0.29) is 0 Å². The highest BCUT2D eigenvalue weighted by Gasteiger charge is 2.57. The van der Waals surface area contributed by atoms with E-state index in [0.29, 0.717) is 0 Å². The van der Waals surface area contributed by atoms with E-state index < -0.39 is 41.8 Å². The van der Waals surface area contributed by atoms with Crippen LogP contribution in [0.15, 0.2) is 0 Å². The molecule has 1 saturated carbocycles. The van der Waals surface area contributed by atoms with Crippen molar-refractivity contribution in [2.24, 2.45) is 5.41 Å². The van der Waals surface area contributed by atoms with Crippen molar-refractivity contribution in [2.45, 2.75) is 12.8 Å². The number of carbonyl (C=O) groups is 4. The third-order valence-electron chi connectivity index (χ3n) is 2.39. The van der Waals surface area contributed by atoms with E-state index in [9.17, 15) is 19.2 Å². The van der Waals surface area contributed by atoms with Crippen molar-refractivity contribution in [3.63, 3.8) is 0 Å². The van der Waals surface area contributed by atoms with Crippen molar-refractivity contribution in [1.29, 1.82) is 0 Å². The summed E-state index contributed by atoms with van der Waals surface area (Å²) in [5, 5.41) is 0. The fourth-order valence-electron chi connectivity index (χ4n) is 1.57. The summed E-state index contributed by atoms with van der Waals surface area (Å²) in [4.78, 5) is 44.9. The molecular formula is C9H10O6. The average Bonchev–Trinajstić information content (AvgIpc) is 2.54. The SMILES string of the molecule is COC(=O)C1(C(=O)OC)CC(=O)C(=O)C1. The molecule has 0 amide bonds. The summed E-state index contributed by atoms with van der Waals surface area (Å²) in [6.07, 6.45) is -0.934. The van der Waals surface area contributed by atoms with Crippen LogP contribution in [0.25, 0.3) is 0 Å². The lowest BCUT2D eigenvalue weighted by atomic mass is 9.86. The lowest BCUT2D eigenvalue weighted by Gasteiger charge is -2.20. The first-order valence-electron chi connectivity index (χ1n) is 4.21. The van der Waals surface area contributed by atoms with Gasteiger partial charge in [0.2, 0.25) is 0 Å². The molecule has 0 heterocycles. The van der Waals surface area contributed by atoms with E-state index in [1.165, 1.54) is 0 Å². The van der Waals surface area contributed by atoms with Gasteiger partial charge in [0.15, 0.2) is 17.0 Å². The maximum atomic E-state index is 11.4. The van der Waals surface area contributed by atoms with Crippen LogP contribution in [0.5, 0.6) is 0 Å². The molecule has 0 saturated heterocycles. The van der Waals surface area contributed by atoms with Gasteiger partial charge in [-0.05, 0) is 0 Å². The number of Topliss-reactive ketones (excluding diaryl/α,β-unsaturated/α-hetero) is 2. The third kappa shape index (κ3) is 1.62. The Labute approximate surface area is 85.5 Å². The zero-order valence-electron chi connectivity index (χ0n) is 8.36. The van der Waals surface area contributed by atoms with Gasteiger partial charge in [-0.25, -0.2) is 0 Å². The standard InChI is InChI=1S/C9H10O6/c1-14-7(12)9(8(13)15-2)3-5(10)6(11)4-9/h3-4H2,1-2H3. The molecule has 0 atom stereocenters. The van der Waals surface area contributed by atoms with Crippen LogP contribution in [-0.2, 0) is 28.7 Å². The van der Waals surface area contributed by atoms with Crippen molar-refractivity contribution >= 4 is 23.5 Å². The van der Waals surface area contributed by atoms with Crippen molar-refractivity contribution in [1.82, 2.24) is 0 Å². The Bertz CT molecular complexity index is 309. The van der Waals surface area contributed by atoms with Gasteiger partial charge in [-0.1, -0.05) is 0 Å². The molecule has 0 bridgehead atoms. The molecule has 6 heteroatoms. The highest BCUT2D eigenvalue weighted by Crippen LogP contribution is 2.36. The minimum absolute atomic E-state index is 0.467. The molecule has 15 heavy (non-hydrogen) atoms. The summed E-state index contributed by atoms with van der Waals surface area (Å²) in [5.41, 5.74) is -1.77. The minimum Gasteiger partial charge on any atom is -0.468 e. The molecule has 0 aromatic carbocycles. The van der Waals surface area contributed by atoms with Crippen LogP contribution in [0.1, 0.15) is 12.8 Å². The zero-order chi connectivity index (χ0) is 11.6. The van der Waals surface area contributed by atoms with E-state index in [1.54, 1.807) is 0 Å². The number of methoxy groups -OCH3 is 2. The summed E-state index contributed by atoms with van der Waals surface area (Å²) in [6, 6.07) is 0. The highest BCUT2D eigenvalue weighted by atomic mass is 16.5. The van der Waals surface area contributed by atoms with Crippen LogP contribution in [0, 0.1) is 5.41 Å². The molecule has 1 aliphatic rings. The van der Waals surface area contributed by atoms with Crippen molar-refractivity contribution < 1.29 is 28.7 Å². The Kier molecular flexibility index (Phi) is 2.88. The summed E-state index contributed by atoms with van der Waals surface area (Å²) in [5.74, 6) is -3.31. The Morgan fingerprint density at radius 1 is 1.00 bits per heavy atom. The molecule has 0 aliphatic heterocycles. The molecule has 0 spiro atoms. The van der Waals surface area contributed by atoms with E-state index in [0.717, 1.165) is 14.2 Å². The highest BCUT2D eigenvalue weighted by molar-refractivity contribution is 6.42. The van der Waals surface area contributed by atoms with Crippen LogP contribution < -0.4 is 0 Å². The van der Waals surface area contributed by atoms with Gasteiger partial charge in [0.05, 0.1) is 14.2 Å². The number of ketones is 2. The first-order chi connectivity index (χ1) is 6.97. The quantitative estimate of drug-likeness (QED) is 0.341. The number of carbonyl (C=O) groups excluding carboxylic acids is 4. The maximum Gasteiger partial charge on any atom is 0.324 e. The van der Waals surface area contributed by atoms with Crippen molar-refractivity contribution in [3.05, 3.63) is 0 Å². The minimum atomic E-state index is -1.77. The lowest BCUT2D eigenvalue weighted by molar-refractivity contribution is -0.169. The molecular weight excluding hydrogens is 204 g/mol. The van der Waals surface area contributed by atoms with Crippen LogP contribution in [0.2, 0.25) is 0 Å². The van der Waals surface area contributed by atoms with Gasteiger partial charge in [-0.3, -0.25) is 19.2 Å². The molecule has 0 aromatic rings. The summed E-state index contributed by atoms with van der Waals surface area (Å²) in [7, 11) is 2.17. The van der Waals surface area contributed by atoms with Crippen LogP contribution in [0.3, 0.4) is 0 Å². The number of hydrogen-bond acceptors (Lipinski definition) is 6. The fourth-order valence-corrected chi connectivity index (χ4v) is 1.57. The first kappa shape index (κ1) is 11.4. The number of rotatable bonds is 2. The second-order valence-corrected chi connectivity index (χ2v) is 3.27. The topological polar surface area (TPSA) is 86.7 Å². The fraction of sp³-hybridized carbons (Fsp3) is 0.556. The Hall–Kier alpha value is -1.72. The monoisotopic (exact) mass is 214 g/mol. The van der Waals surface area contributed by atoms with Gasteiger partial charge in [0, 0.05) is 12.8 Å². The average molecular weight is 214 g/mol. The molecule has 0 radical (unpaired) electrons. The molecule has 1 fully saturated rings. The van der Waals surface area contributed by atoms with Gasteiger partial charge in [-0.15, -0.1) is 0 Å². The summed E-state index contributed by atoms with van der Waals surface area (Å²) >= 11 is 0. The van der Waals surface area contributed by atoms with Crippen molar-refractivity contribution in [2.75, 3.05) is 14.2 Å². The number of esters is 2. The maximum absolute atomic E-state index is 11.4. The Morgan fingerprint density at radius 2 is 1.33 bits per heavy atom. The number of hydrogen-bond donors (Lipinski definition) is 0. The second-order valence-electron chi connectivity index (χ2n) is 3.27. The van der Waals surface area contributed by atoms with Crippen molar-refractivity contribution in [3.8, 4) is 0 Å². The van der Waals surface area contributed by atoms with Crippen LogP contribution in [0.4, 0.5) is 0 Å². The first-order valence-corrected chi connectivity index (χ1v) is 4.21. The lowest BCUT2D eigenvalue weighted by Crippen LogP contribution is -2.39. The van der Waals surface area contributed by atoms with E-state index in [1.807, 2.05) is 0 Å². The van der Waals surface area contributed by atoms with Gasteiger partial charge >= 0.3 is 11.9 Å². The Balaban J connectivity index is 3.10. The van der Waals surface area contributed by atoms with E-state index >= 15 is 0 Å². The molecule has 82 valence electrons. The van der Waals surface area contributed by atoms with Gasteiger partial charge in [-0.2, -0.15) is 0 Å². The van der Waals surface area contributed by atoms with Gasteiger partial charge < -0.3 is 9.47 Å². The Morgan fingerprint density at radius 3 is 1.60 bits per heavy atom. The van der Waals surface area contributed by atoms with E-state index in [4.69, 9.17) is 0 Å². The molecule has 0 unspecified atom stereocenters. The van der Waals surface area contributed by atoms with Gasteiger partial charge in [0.1, 0.15) is 0 Å². The predicted molar refractivity (Wildman–Crippen MR) is 45.7 cm³/mol. The normalized spacial score (nSPS) is 18.8.